The molecule has 7 heteroatoms. The number of hydrogen-bond donors (Lipinski definition) is 1. The van der Waals surface area contributed by atoms with Crippen LogP contribution in [0, 0.1) is 0 Å². The largest absolute Gasteiger partial charge is 0.497 e. The van der Waals surface area contributed by atoms with Gasteiger partial charge in [-0.1, -0.05) is 17.3 Å². The molecule has 1 aromatic heterocycles. The molecule has 1 N–H and O–H groups in total. The number of amides is 1. The zero-order valence-corrected chi connectivity index (χ0v) is 16.5. The molecule has 0 radical (unpaired) electrons. The molecule has 2 aromatic carbocycles. The molecule has 4 rings (SSSR count). The molecule has 1 aliphatic heterocycles. The van der Waals surface area contributed by atoms with E-state index in [1.807, 2.05) is 42.5 Å². The van der Waals surface area contributed by atoms with Crippen LogP contribution in [0.25, 0.3) is 11.0 Å². The molecule has 0 aliphatic carbocycles. The van der Waals surface area contributed by atoms with Crippen LogP contribution in [0.1, 0.15) is 17.7 Å². The maximum absolute atomic E-state index is 12.4. The van der Waals surface area contributed by atoms with Crippen molar-refractivity contribution in [2.24, 2.45) is 0 Å². The summed E-state index contributed by atoms with van der Waals surface area (Å²) in [6.45, 7) is 3.97. The van der Waals surface area contributed by atoms with E-state index in [1.54, 1.807) is 7.11 Å². The molecule has 152 valence electrons. The van der Waals surface area contributed by atoms with E-state index in [2.05, 4.69) is 15.4 Å². The van der Waals surface area contributed by atoms with Crippen LogP contribution in [-0.4, -0.2) is 49.4 Å². The second kappa shape index (κ2) is 9.07. The summed E-state index contributed by atoms with van der Waals surface area (Å²) in [5, 5.41) is 8.13. The number of morpholine rings is 1. The van der Waals surface area contributed by atoms with Crippen molar-refractivity contribution in [3.63, 3.8) is 0 Å². The molecule has 29 heavy (non-hydrogen) atoms. The van der Waals surface area contributed by atoms with Crippen molar-refractivity contribution in [2.75, 3.05) is 38.7 Å². The monoisotopic (exact) mass is 395 g/mol. The number of nitrogens with one attached hydrogen (secondary N) is 1. The van der Waals surface area contributed by atoms with Crippen LogP contribution in [0.4, 0.5) is 5.69 Å². The van der Waals surface area contributed by atoms with Crippen LogP contribution in [0.5, 0.6) is 5.75 Å². The quantitative estimate of drug-likeness (QED) is 0.662. The van der Waals surface area contributed by atoms with Crippen LogP contribution >= 0.6 is 0 Å². The fourth-order valence-electron chi connectivity index (χ4n) is 3.42. The summed E-state index contributed by atoms with van der Waals surface area (Å²) in [6, 6.07) is 13.4. The molecule has 1 aliphatic rings. The van der Waals surface area contributed by atoms with Gasteiger partial charge in [-0.25, -0.2) is 0 Å². The Hall–Kier alpha value is -2.90. The average molecular weight is 395 g/mol. The van der Waals surface area contributed by atoms with Gasteiger partial charge in [0.05, 0.1) is 20.3 Å². The maximum Gasteiger partial charge on any atom is 0.224 e. The molecule has 1 fully saturated rings. The second-order valence-corrected chi connectivity index (χ2v) is 7.12. The fourth-order valence-corrected chi connectivity index (χ4v) is 3.42. The van der Waals surface area contributed by atoms with Gasteiger partial charge < -0.3 is 19.3 Å². The van der Waals surface area contributed by atoms with E-state index in [0.29, 0.717) is 19.4 Å². The van der Waals surface area contributed by atoms with E-state index in [-0.39, 0.29) is 5.91 Å². The highest BCUT2D eigenvalue weighted by Crippen LogP contribution is 2.24. The van der Waals surface area contributed by atoms with Crippen molar-refractivity contribution in [3.05, 3.63) is 53.7 Å². The third-order valence-electron chi connectivity index (χ3n) is 5.11. The molecular formula is C22H25N3O4. The maximum atomic E-state index is 12.4. The van der Waals surface area contributed by atoms with E-state index in [0.717, 1.165) is 60.0 Å². The molecule has 0 unspecified atom stereocenters. The zero-order chi connectivity index (χ0) is 20.1. The Bertz CT molecular complexity index is 962. The second-order valence-electron chi connectivity index (χ2n) is 7.12. The van der Waals surface area contributed by atoms with Crippen LogP contribution in [0.2, 0.25) is 0 Å². The first-order chi connectivity index (χ1) is 14.2. The van der Waals surface area contributed by atoms with E-state index in [9.17, 15) is 4.79 Å². The van der Waals surface area contributed by atoms with Gasteiger partial charge in [-0.3, -0.25) is 9.69 Å². The first-order valence-electron chi connectivity index (χ1n) is 9.82. The Morgan fingerprint density at radius 3 is 2.72 bits per heavy atom. The molecule has 0 bridgehead atoms. The first kappa shape index (κ1) is 19.4. The van der Waals surface area contributed by atoms with Gasteiger partial charge in [0, 0.05) is 37.1 Å². The van der Waals surface area contributed by atoms with Gasteiger partial charge in [-0.2, -0.15) is 0 Å². The van der Waals surface area contributed by atoms with Gasteiger partial charge in [-0.15, -0.1) is 0 Å². The molecule has 0 atom stereocenters. The number of nitrogens with zero attached hydrogens (tertiary/aromatic N) is 2. The molecule has 7 nitrogen and oxygen atoms in total. The van der Waals surface area contributed by atoms with Crippen LogP contribution in [0.3, 0.4) is 0 Å². The van der Waals surface area contributed by atoms with Crippen LogP contribution in [0.15, 0.2) is 47.0 Å². The lowest BCUT2D eigenvalue weighted by atomic mass is 10.1. The molecule has 3 aromatic rings. The van der Waals surface area contributed by atoms with E-state index in [1.165, 1.54) is 0 Å². The summed E-state index contributed by atoms with van der Waals surface area (Å²) >= 11 is 0. The molecule has 1 saturated heterocycles. The van der Waals surface area contributed by atoms with Gasteiger partial charge in [0.2, 0.25) is 5.91 Å². The topological polar surface area (TPSA) is 76.8 Å². The Morgan fingerprint density at radius 2 is 1.97 bits per heavy atom. The number of methoxy groups -OCH3 is 1. The highest BCUT2D eigenvalue weighted by Gasteiger charge is 2.16. The van der Waals surface area contributed by atoms with Gasteiger partial charge in [0.1, 0.15) is 11.4 Å². The third-order valence-corrected chi connectivity index (χ3v) is 5.11. The first-order valence-corrected chi connectivity index (χ1v) is 9.82. The lowest BCUT2D eigenvalue weighted by Gasteiger charge is -2.25. The standard InChI is InChI=1S/C22H25N3O4/c1-27-18-6-2-16(3-7-18)4-9-22(26)23-17-5-8-21-19(14-17)20(24-29-21)15-25-10-12-28-13-11-25/h2-3,5-8,14H,4,9-13,15H2,1H3,(H,23,26). The molecule has 1 amide bonds. The number of benzene rings is 2. The van der Waals surface area contributed by atoms with E-state index >= 15 is 0 Å². The summed E-state index contributed by atoms with van der Waals surface area (Å²) in [5.74, 6) is 0.791. The minimum absolute atomic E-state index is 0.0219. The minimum Gasteiger partial charge on any atom is -0.497 e. The van der Waals surface area contributed by atoms with Crippen LogP contribution in [-0.2, 0) is 22.5 Å². The predicted molar refractivity (Wildman–Crippen MR) is 110 cm³/mol. The number of anilines is 1. The van der Waals surface area contributed by atoms with Gasteiger partial charge in [0.15, 0.2) is 5.58 Å². The van der Waals surface area contributed by atoms with Gasteiger partial charge in [0.25, 0.3) is 0 Å². The molecule has 0 saturated carbocycles. The Morgan fingerprint density at radius 1 is 1.17 bits per heavy atom. The predicted octanol–water partition coefficient (Wildman–Crippen LogP) is 3.24. The van der Waals surface area contributed by atoms with Crippen LogP contribution < -0.4 is 10.1 Å². The number of carbonyl (C=O) groups is 1. The average Bonchev–Trinajstić information content (AvgIpc) is 3.15. The van der Waals surface area contributed by atoms with Gasteiger partial charge >= 0.3 is 0 Å². The molecular weight excluding hydrogens is 370 g/mol. The SMILES string of the molecule is COc1ccc(CCC(=O)Nc2ccc3onc(CN4CCOCC4)c3c2)cc1. The van der Waals surface area contributed by atoms with Gasteiger partial charge in [-0.05, 0) is 42.3 Å². The highest BCUT2D eigenvalue weighted by molar-refractivity contribution is 5.93. The summed E-state index contributed by atoms with van der Waals surface area (Å²) in [4.78, 5) is 14.7. The van der Waals surface area contributed by atoms with E-state index in [4.69, 9.17) is 14.0 Å². The van der Waals surface area contributed by atoms with E-state index < -0.39 is 0 Å². The number of ether oxygens (including phenoxy) is 2. The van der Waals surface area contributed by atoms with Crippen molar-refractivity contribution in [3.8, 4) is 5.75 Å². The number of aryl methyl sites for hydroxylation is 1. The lowest BCUT2D eigenvalue weighted by Crippen LogP contribution is -2.35. The minimum atomic E-state index is -0.0219. The summed E-state index contributed by atoms with van der Waals surface area (Å²) in [6.07, 6.45) is 1.09. The zero-order valence-electron chi connectivity index (χ0n) is 16.5. The Kier molecular flexibility index (Phi) is 6.07. The number of hydrogen-bond acceptors (Lipinski definition) is 6. The fraction of sp³-hybridized carbons (Fsp3) is 0.364. The van der Waals surface area contributed by atoms with Crippen molar-refractivity contribution in [2.45, 2.75) is 19.4 Å². The van der Waals surface area contributed by atoms with Crippen molar-refractivity contribution >= 4 is 22.6 Å². The smallest absolute Gasteiger partial charge is 0.224 e. The number of fused-ring (bicyclic) bond motifs is 1. The third kappa shape index (κ3) is 4.93. The number of rotatable bonds is 7. The summed E-state index contributed by atoms with van der Waals surface area (Å²) in [5.41, 5.74) is 3.47. The van der Waals surface area contributed by atoms with Crippen molar-refractivity contribution < 1.29 is 18.8 Å². The highest BCUT2D eigenvalue weighted by atomic mass is 16.5. The number of carbonyl (C=O) groups excluding carboxylic acids is 1. The molecule has 0 spiro atoms. The van der Waals surface area contributed by atoms with Crippen molar-refractivity contribution in [1.29, 1.82) is 0 Å². The lowest BCUT2D eigenvalue weighted by molar-refractivity contribution is -0.116. The normalized spacial score (nSPS) is 14.8. The summed E-state index contributed by atoms with van der Waals surface area (Å²) in [7, 11) is 1.64. The Labute approximate surface area is 169 Å². The Balaban J connectivity index is 1.37. The summed E-state index contributed by atoms with van der Waals surface area (Å²) < 4.78 is 16.0. The number of aromatic nitrogens is 1. The van der Waals surface area contributed by atoms with Crippen molar-refractivity contribution in [1.82, 2.24) is 10.1 Å². The molecule has 2 heterocycles.